The molecule has 2 saturated heterocycles. The predicted octanol–water partition coefficient (Wildman–Crippen LogP) is 3.51. The highest BCUT2D eigenvalue weighted by Crippen LogP contribution is 2.36. The second kappa shape index (κ2) is 13.3. The first-order chi connectivity index (χ1) is 21.8. The quantitative estimate of drug-likeness (QED) is 0.357. The van der Waals surface area contributed by atoms with Crippen LogP contribution in [0.1, 0.15) is 49.7 Å². The van der Waals surface area contributed by atoms with Crippen LogP contribution in [-0.2, 0) is 15.7 Å². The molecule has 5 heterocycles. The SMILES string of the molecule is CC(C)(C)OC(=O)NC1CCN(c2cccnc2NC(=O)c2nc(-c3nc(N4CCOCC4)ncc3C(F)(F)F)cnc2N)CC1. The summed E-state index contributed by atoms with van der Waals surface area (Å²) in [5, 5.41) is 5.57. The van der Waals surface area contributed by atoms with E-state index in [1.807, 2.05) is 4.90 Å². The minimum absolute atomic E-state index is 0.0686. The van der Waals surface area contributed by atoms with Crippen molar-refractivity contribution in [3.05, 3.63) is 42.0 Å². The number of pyridine rings is 1. The van der Waals surface area contributed by atoms with Crippen LogP contribution in [0, 0.1) is 0 Å². The van der Waals surface area contributed by atoms with Gasteiger partial charge in [-0.2, -0.15) is 13.2 Å². The van der Waals surface area contributed by atoms with Crippen molar-refractivity contribution in [3.8, 4) is 11.4 Å². The van der Waals surface area contributed by atoms with E-state index in [1.54, 1.807) is 37.8 Å². The van der Waals surface area contributed by atoms with Crippen LogP contribution in [0.2, 0.25) is 0 Å². The van der Waals surface area contributed by atoms with E-state index in [0.29, 0.717) is 64.1 Å². The molecule has 3 aromatic heterocycles. The van der Waals surface area contributed by atoms with Crippen molar-refractivity contribution >= 4 is 35.3 Å². The van der Waals surface area contributed by atoms with Gasteiger partial charge < -0.3 is 35.6 Å². The van der Waals surface area contributed by atoms with Crippen molar-refractivity contribution in [2.75, 3.05) is 60.2 Å². The molecule has 0 unspecified atom stereocenters. The lowest BCUT2D eigenvalue weighted by molar-refractivity contribution is -0.137. The maximum absolute atomic E-state index is 14.0. The molecular formula is C29H35F3N10O4. The number of ether oxygens (including phenoxy) is 2. The molecule has 2 fully saturated rings. The maximum Gasteiger partial charge on any atom is 0.420 e. The van der Waals surface area contributed by atoms with E-state index in [2.05, 4.69) is 35.6 Å². The monoisotopic (exact) mass is 644 g/mol. The van der Waals surface area contributed by atoms with Gasteiger partial charge in [0.2, 0.25) is 5.95 Å². The zero-order valence-electron chi connectivity index (χ0n) is 25.6. The van der Waals surface area contributed by atoms with Gasteiger partial charge >= 0.3 is 12.3 Å². The Morgan fingerprint density at radius 3 is 2.39 bits per heavy atom. The topological polar surface area (TPSA) is 174 Å². The lowest BCUT2D eigenvalue weighted by Gasteiger charge is -2.34. The van der Waals surface area contributed by atoms with Gasteiger partial charge in [-0.15, -0.1) is 0 Å². The van der Waals surface area contributed by atoms with Gasteiger partial charge in [-0.05, 0) is 45.7 Å². The molecule has 5 rings (SSSR count). The Kier molecular flexibility index (Phi) is 9.41. The first-order valence-corrected chi connectivity index (χ1v) is 14.7. The Morgan fingerprint density at radius 1 is 1.00 bits per heavy atom. The number of hydrogen-bond donors (Lipinski definition) is 3. The number of amides is 2. The molecule has 0 radical (unpaired) electrons. The Balaban J connectivity index is 1.35. The van der Waals surface area contributed by atoms with Crippen molar-refractivity contribution in [2.24, 2.45) is 0 Å². The number of alkyl halides is 3. The summed E-state index contributed by atoms with van der Waals surface area (Å²) in [6.45, 7) is 8.03. The van der Waals surface area contributed by atoms with Gasteiger partial charge in [-0.3, -0.25) is 4.79 Å². The van der Waals surface area contributed by atoms with E-state index in [-0.39, 0.29) is 29.3 Å². The molecule has 0 bridgehead atoms. The number of halogens is 3. The Morgan fingerprint density at radius 2 is 1.72 bits per heavy atom. The fourth-order valence-electron chi connectivity index (χ4n) is 5.02. The number of carbonyl (C=O) groups is 2. The van der Waals surface area contributed by atoms with Crippen LogP contribution in [-0.4, -0.2) is 88.0 Å². The van der Waals surface area contributed by atoms with Crippen LogP contribution in [0.5, 0.6) is 0 Å². The van der Waals surface area contributed by atoms with Crippen molar-refractivity contribution in [1.82, 2.24) is 30.2 Å². The number of morpholine rings is 1. The molecular weight excluding hydrogens is 609 g/mol. The van der Waals surface area contributed by atoms with E-state index < -0.39 is 40.7 Å². The molecule has 17 heteroatoms. The van der Waals surface area contributed by atoms with Crippen molar-refractivity contribution in [1.29, 1.82) is 0 Å². The van der Waals surface area contributed by atoms with Gasteiger partial charge in [0.1, 0.15) is 22.6 Å². The number of nitrogens with one attached hydrogen (secondary N) is 2. The Bertz CT molecular complexity index is 1570. The third-order valence-corrected chi connectivity index (χ3v) is 7.21. The van der Waals surface area contributed by atoms with Crippen LogP contribution in [0.3, 0.4) is 0 Å². The van der Waals surface area contributed by atoms with Crippen LogP contribution >= 0.6 is 0 Å². The summed E-state index contributed by atoms with van der Waals surface area (Å²) in [7, 11) is 0. The molecule has 0 spiro atoms. The molecule has 14 nitrogen and oxygen atoms in total. The van der Waals surface area contributed by atoms with E-state index in [4.69, 9.17) is 15.2 Å². The second-order valence-electron chi connectivity index (χ2n) is 11.8. The third kappa shape index (κ3) is 7.88. The maximum atomic E-state index is 14.0. The van der Waals surface area contributed by atoms with Crippen molar-refractivity contribution in [2.45, 2.75) is 51.4 Å². The number of nitrogen functional groups attached to an aromatic ring is 1. The molecule has 2 amide bonds. The summed E-state index contributed by atoms with van der Waals surface area (Å²) >= 11 is 0. The van der Waals surface area contributed by atoms with Crippen LogP contribution in [0.25, 0.3) is 11.4 Å². The number of anilines is 4. The van der Waals surface area contributed by atoms with Gasteiger partial charge in [-0.1, -0.05) is 0 Å². The number of carbonyl (C=O) groups excluding carboxylic acids is 2. The minimum atomic E-state index is -4.80. The largest absolute Gasteiger partial charge is 0.444 e. The first kappa shape index (κ1) is 32.6. The average Bonchev–Trinajstić information content (AvgIpc) is 3.01. The van der Waals surface area contributed by atoms with Gasteiger partial charge in [-0.25, -0.2) is 29.7 Å². The number of alkyl carbamates (subject to hydrolysis) is 1. The van der Waals surface area contributed by atoms with Crippen molar-refractivity contribution in [3.63, 3.8) is 0 Å². The zero-order chi connectivity index (χ0) is 33.1. The number of rotatable bonds is 6. The molecule has 0 saturated carbocycles. The predicted molar refractivity (Wildman–Crippen MR) is 162 cm³/mol. The first-order valence-electron chi connectivity index (χ1n) is 14.7. The fourth-order valence-corrected chi connectivity index (χ4v) is 5.02. The van der Waals surface area contributed by atoms with Gasteiger partial charge in [0, 0.05) is 44.6 Å². The number of nitrogens with two attached hydrogens (primary N) is 1. The molecule has 3 aromatic rings. The number of hydrogen-bond acceptors (Lipinski definition) is 12. The molecule has 4 N–H and O–H groups in total. The van der Waals surface area contributed by atoms with Crippen LogP contribution in [0.15, 0.2) is 30.7 Å². The Hall–Kier alpha value is -4.80. The number of nitrogens with zero attached hydrogens (tertiary/aromatic N) is 7. The van der Waals surface area contributed by atoms with E-state index in [9.17, 15) is 22.8 Å². The van der Waals surface area contributed by atoms with E-state index in [1.165, 1.54) is 6.20 Å². The number of piperidine rings is 1. The normalized spacial score (nSPS) is 16.2. The standard InChI is InChI=1S/C29H35F3N10O4/c1-28(2,3)46-27(44)37-17-6-9-41(10-7-17)20-5-4-8-34-24(20)40-25(43)22-23(33)35-16-19(38-22)21-18(29(30,31)32)15-36-26(39-21)42-11-13-45-14-12-42/h4-5,8,15-17H,6-7,9-14H2,1-3H3,(H2,33,35)(H,37,44)(H,34,40,43). The summed E-state index contributed by atoms with van der Waals surface area (Å²) < 4.78 is 52.7. The van der Waals surface area contributed by atoms with Gasteiger partial charge in [0.05, 0.1) is 25.1 Å². The Labute approximate surface area is 262 Å². The van der Waals surface area contributed by atoms with Gasteiger partial charge in [0.25, 0.3) is 5.91 Å². The zero-order valence-corrected chi connectivity index (χ0v) is 25.6. The second-order valence-corrected chi connectivity index (χ2v) is 11.8. The molecule has 2 aliphatic rings. The summed E-state index contributed by atoms with van der Waals surface area (Å²) in [5.41, 5.74) is 3.62. The highest BCUT2D eigenvalue weighted by Gasteiger charge is 2.37. The van der Waals surface area contributed by atoms with Crippen LogP contribution < -0.4 is 26.2 Å². The smallest absolute Gasteiger partial charge is 0.420 e. The highest BCUT2D eigenvalue weighted by atomic mass is 19.4. The average molecular weight is 645 g/mol. The molecule has 46 heavy (non-hydrogen) atoms. The molecule has 246 valence electrons. The molecule has 2 aliphatic heterocycles. The lowest BCUT2D eigenvalue weighted by Crippen LogP contribution is -2.46. The summed E-state index contributed by atoms with van der Waals surface area (Å²) in [6.07, 6.45) is -0.827. The van der Waals surface area contributed by atoms with Crippen molar-refractivity contribution < 1.29 is 32.2 Å². The minimum Gasteiger partial charge on any atom is -0.444 e. The molecule has 0 aliphatic carbocycles. The van der Waals surface area contributed by atoms with Gasteiger partial charge in [0.15, 0.2) is 17.3 Å². The van der Waals surface area contributed by atoms with E-state index in [0.717, 1.165) is 6.20 Å². The summed E-state index contributed by atoms with van der Waals surface area (Å²) in [5.74, 6) is -0.836. The summed E-state index contributed by atoms with van der Waals surface area (Å²) in [4.78, 5) is 49.9. The van der Waals surface area contributed by atoms with Crippen LogP contribution in [0.4, 0.5) is 41.2 Å². The number of aromatic nitrogens is 5. The molecule has 0 aromatic carbocycles. The fraction of sp³-hybridized carbons (Fsp3) is 0.483. The highest BCUT2D eigenvalue weighted by molar-refractivity contribution is 6.06. The summed E-state index contributed by atoms with van der Waals surface area (Å²) in [6, 6.07) is 3.40. The third-order valence-electron chi connectivity index (χ3n) is 7.21. The molecule has 0 atom stereocenters. The lowest BCUT2D eigenvalue weighted by atomic mass is 10.0. The van der Waals surface area contributed by atoms with E-state index >= 15 is 0 Å².